The average molecular weight is 405 g/mol. The largest absolute Gasteiger partial charge is 0.497 e. The number of nitrogens with zero attached hydrogens (tertiary/aromatic N) is 1. The number of amides is 1. The predicted octanol–water partition coefficient (Wildman–Crippen LogP) is 3.75. The molecule has 0 atom stereocenters. The summed E-state index contributed by atoms with van der Waals surface area (Å²) in [6.45, 7) is 2.03. The number of carbonyl (C=O) groups excluding carboxylic acids is 1. The van der Waals surface area contributed by atoms with Crippen molar-refractivity contribution in [3.63, 3.8) is 0 Å². The zero-order valence-corrected chi connectivity index (χ0v) is 15.4. The Labute approximate surface area is 154 Å². The average Bonchev–Trinajstić information content (AvgIpc) is 2.61. The van der Waals surface area contributed by atoms with Crippen LogP contribution in [0.25, 0.3) is 0 Å². The van der Waals surface area contributed by atoms with Gasteiger partial charge in [-0.2, -0.15) is 5.26 Å². The number of hydrogen-bond acceptors (Lipinski definition) is 5. The minimum atomic E-state index is -0.327. The molecular formula is C18H17BrN2O4. The molecule has 0 aliphatic heterocycles. The van der Waals surface area contributed by atoms with E-state index in [1.807, 2.05) is 13.0 Å². The Morgan fingerprint density at radius 2 is 2.08 bits per heavy atom. The maximum atomic E-state index is 12.1. The maximum absolute atomic E-state index is 12.1. The third kappa shape index (κ3) is 5.13. The molecule has 2 aromatic rings. The van der Waals surface area contributed by atoms with E-state index in [0.29, 0.717) is 39.6 Å². The first-order valence-electron chi connectivity index (χ1n) is 7.50. The molecule has 6 nitrogen and oxygen atoms in total. The Balaban J connectivity index is 2.07. The molecule has 0 saturated carbocycles. The number of halogens is 1. The second kappa shape index (κ2) is 8.94. The molecule has 1 amide bonds. The molecule has 2 rings (SSSR count). The van der Waals surface area contributed by atoms with Gasteiger partial charge >= 0.3 is 0 Å². The van der Waals surface area contributed by atoms with Crippen molar-refractivity contribution >= 4 is 27.5 Å². The maximum Gasteiger partial charge on any atom is 0.262 e. The van der Waals surface area contributed by atoms with Gasteiger partial charge in [-0.25, -0.2) is 0 Å². The van der Waals surface area contributed by atoms with Crippen molar-refractivity contribution in [2.24, 2.45) is 0 Å². The van der Waals surface area contributed by atoms with Gasteiger partial charge in [-0.3, -0.25) is 4.79 Å². The van der Waals surface area contributed by atoms with E-state index in [2.05, 4.69) is 21.2 Å². The molecule has 0 heterocycles. The van der Waals surface area contributed by atoms with Gasteiger partial charge in [0.05, 0.1) is 29.8 Å². The molecule has 25 heavy (non-hydrogen) atoms. The SMILES string of the molecule is CCOc1cc(C#N)cc(Br)c1OCC(=O)Nc1cccc(OC)c1. The van der Waals surface area contributed by atoms with Gasteiger partial charge in [0.1, 0.15) is 5.75 Å². The first-order chi connectivity index (χ1) is 12.1. The molecule has 2 aromatic carbocycles. The van der Waals surface area contributed by atoms with Crippen LogP contribution < -0.4 is 19.5 Å². The summed E-state index contributed by atoms with van der Waals surface area (Å²) in [6.07, 6.45) is 0. The van der Waals surface area contributed by atoms with E-state index in [9.17, 15) is 4.79 Å². The van der Waals surface area contributed by atoms with E-state index in [-0.39, 0.29) is 12.5 Å². The highest BCUT2D eigenvalue weighted by molar-refractivity contribution is 9.10. The summed E-state index contributed by atoms with van der Waals surface area (Å²) in [4.78, 5) is 12.1. The Hall–Kier alpha value is -2.72. The number of hydrogen-bond donors (Lipinski definition) is 1. The molecule has 130 valence electrons. The third-order valence-corrected chi connectivity index (χ3v) is 3.73. The highest BCUT2D eigenvalue weighted by Gasteiger charge is 2.14. The lowest BCUT2D eigenvalue weighted by atomic mass is 10.2. The van der Waals surface area contributed by atoms with Crippen molar-refractivity contribution in [2.45, 2.75) is 6.92 Å². The highest BCUT2D eigenvalue weighted by Crippen LogP contribution is 2.36. The van der Waals surface area contributed by atoms with Crippen LogP contribution in [0.4, 0.5) is 5.69 Å². The minimum Gasteiger partial charge on any atom is -0.497 e. The van der Waals surface area contributed by atoms with Crippen LogP contribution in [0.3, 0.4) is 0 Å². The predicted molar refractivity (Wildman–Crippen MR) is 97.1 cm³/mol. The number of nitrogens with one attached hydrogen (secondary N) is 1. The van der Waals surface area contributed by atoms with E-state index in [4.69, 9.17) is 19.5 Å². The van der Waals surface area contributed by atoms with Gasteiger partial charge in [-0.05, 0) is 41.1 Å². The third-order valence-electron chi connectivity index (χ3n) is 3.14. The van der Waals surface area contributed by atoms with Crippen molar-refractivity contribution in [1.29, 1.82) is 5.26 Å². The second-order valence-corrected chi connectivity index (χ2v) is 5.75. The van der Waals surface area contributed by atoms with Gasteiger partial charge in [0.2, 0.25) is 0 Å². The van der Waals surface area contributed by atoms with Crippen LogP contribution in [-0.4, -0.2) is 26.2 Å². The molecule has 0 aliphatic carbocycles. The quantitative estimate of drug-likeness (QED) is 0.759. The van der Waals surface area contributed by atoms with E-state index in [1.54, 1.807) is 43.5 Å². The van der Waals surface area contributed by atoms with E-state index in [0.717, 1.165) is 0 Å². The number of carbonyl (C=O) groups is 1. The number of rotatable bonds is 7. The normalized spacial score (nSPS) is 9.84. The lowest BCUT2D eigenvalue weighted by Gasteiger charge is -2.14. The summed E-state index contributed by atoms with van der Waals surface area (Å²) in [5.74, 6) is 1.10. The van der Waals surface area contributed by atoms with Gasteiger partial charge in [0, 0.05) is 17.8 Å². The Kier molecular flexibility index (Phi) is 6.66. The van der Waals surface area contributed by atoms with Crippen LogP contribution in [-0.2, 0) is 4.79 Å². The van der Waals surface area contributed by atoms with E-state index in [1.165, 1.54) is 0 Å². The molecule has 0 spiro atoms. The van der Waals surface area contributed by atoms with Gasteiger partial charge in [-0.1, -0.05) is 6.07 Å². The Morgan fingerprint density at radius 3 is 2.76 bits per heavy atom. The molecule has 0 unspecified atom stereocenters. The summed E-state index contributed by atoms with van der Waals surface area (Å²) >= 11 is 3.34. The van der Waals surface area contributed by atoms with Crippen molar-refractivity contribution in [1.82, 2.24) is 0 Å². The smallest absolute Gasteiger partial charge is 0.262 e. The highest BCUT2D eigenvalue weighted by atomic mass is 79.9. The molecule has 7 heteroatoms. The van der Waals surface area contributed by atoms with Crippen molar-refractivity contribution in [2.75, 3.05) is 25.6 Å². The van der Waals surface area contributed by atoms with Crippen molar-refractivity contribution in [3.05, 3.63) is 46.4 Å². The van der Waals surface area contributed by atoms with Crippen LogP contribution in [0.2, 0.25) is 0 Å². The summed E-state index contributed by atoms with van der Waals surface area (Å²) in [5.41, 5.74) is 1.04. The Morgan fingerprint density at radius 1 is 1.28 bits per heavy atom. The number of anilines is 1. The molecule has 0 saturated heterocycles. The first kappa shape index (κ1) is 18.6. The molecular weight excluding hydrogens is 388 g/mol. The molecule has 0 fully saturated rings. The van der Waals surface area contributed by atoms with Gasteiger partial charge in [0.25, 0.3) is 5.91 Å². The number of ether oxygens (including phenoxy) is 3. The fourth-order valence-corrected chi connectivity index (χ4v) is 2.63. The molecule has 0 radical (unpaired) electrons. The molecule has 0 bridgehead atoms. The monoisotopic (exact) mass is 404 g/mol. The molecule has 0 aliphatic rings. The summed E-state index contributed by atoms with van der Waals surface area (Å²) in [5, 5.41) is 11.8. The van der Waals surface area contributed by atoms with Crippen LogP contribution in [0.1, 0.15) is 12.5 Å². The number of methoxy groups -OCH3 is 1. The first-order valence-corrected chi connectivity index (χ1v) is 8.29. The fourth-order valence-electron chi connectivity index (χ4n) is 2.07. The number of benzene rings is 2. The van der Waals surface area contributed by atoms with Crippen LogP contribution in [0.15, 0.2) is 40.9 Å². The summed E-state index contributed by atoms with van der Waals surface area (Å²) in [6, 6.07) is 12.3. The Bertz CT molecular complexity index is 802. The van der Waals surface area contributed by atoms with E-state index < -0.39 is 0 Å². The summed E-state index contributed by atoms with van der Waals surface area (Å²) < 4.78 is 16.7. The van der Waals surface area contributed by atoms with Crippen LogP contribution in [0, 0.1) is 11.3 Å². The molecule has 1 N–H and O–H groups in total. The van der Waals surface area contributed by atoms with Crippen molar-refractivity contribution in [3.8, 4) is 23.3 Å². The van der Waals surface area contributed by atoms with Gasteiger partial charge in [-0.15, -0.1) is 0 Å². The van der Waals surface area contributed by atoms with E-state index >= 15 is 0 Å². The second-order valence-electron chi connectivity index (χ2n) is 4.90. The summed E-state index contributed by atoms with van der Waals surface area (Å²) in [7, 11) is 1.56. The lowest BCUT2D eigenvalue weighted by Crippen LogP contribution is -2.20. The zero-order valence-electron chi connectivity index (χ0n) is 13.8. The fraction of sp³-hybridized carbons (Fsp3) is 0.222. The molecule has 0 aromatic heterocycles. The topological polar surface area (TPSA) is 80.6 Å². The lowest BCUT2D eigenvalue weighted by molar-refractivity contribution is -0.118. The van der Waals surface area contributed by atoms with Crippen molar-refractivity contribution < 1.29 is 19.0 Å². The van der Waals surface area contributed by atoms with Crippen LogP contribution in [0.5, 0.6) is 17.2 Å². The van der Waals surface area contributed by atoms with Crippen LogP contribution >= 0.6 is 15.9 Å². The minimum absolute atomic E-state index is 0.207. The van der Waals surface area contributed by atoms with Gasteiger partial charge < -0.3 is 19.5 Å². The number of nitriles is 1. The zero-order chi connectivity index (χ0) is 18.2. The standard InChI is InChI=1S/C18H17BrN2O4/c1-3-24-16-8-12(10-20)7-15(19)18(16)25-11-17(22)21-13-5-4-6-14(9-13)23-2/h4-9H,3,11H2,1-2H3,(H,21,22). The van der Waals surface area contributed by atoms with Gasteiger partial charge in [0.15, 0.2) is 18.1 Å².